The van der Waals surface area contributed by atoms with Crippen LogP contribution in [0.3, 0.4) is 0 Å². The quantitative estimate of drug-likeness (QED) is 0.493. The van der Waals surface area contributed by atoms with Crippen LogP contribution in [0.15, 0.2) is 77.4 Å². The molecular weight excluding hydrogens is 408 g/mol. The first-order chi connectivity index (χ1) is 14.9. The number of phenolic OH excluding ortho intramolecular Hbond substituents is 1. The lowest BCUT2D eigenvalue weighted by Crippen LogP contribution is -2.28. The first-order valence-corrected chi connectivity index (χ1v) is 10.5. The highest BCUT2D eigenvalue weighted by atomic mass is 35.5. The van der Waals surface area contributed by atoms with E-state index in [0.717, 1.165) is 27.9 Å². The number of phenols is 1. The lowest BCUT2D eigenvalue weighted by molar-refractivity contribution is -0.113. The Morgan fingerprint density at radius 2 is 1.71 bits per heavy atom. The number of aryl methyl sites for hydroxylation is 1. The summed E-state index contributed by atoms with van der Waals surface area (Å²) in [5.74, 6) is 0.576. The number of hydrogen-bond acceptors (Lipinski definition) is 3. The Labute approximate surface area is 187 Å². The van der Waals surface area contributed by atoms with Crippen LogP contribution in [0.1, 0.15) is 42.0 Å². The smallest absolute Gasteiger partial charge is 0.296 e. The third kappa shape index (κ3) is 3.99. The van der Waals surface area contributed by atoms with Crippen LogP contribution in [0.25, 0.3) is 6.08 Å². The third-order valence-corrected chi connectivity index (χ3v) is 5.66. The van der Waals surface area contributed by atoms with Gasteiger partial charge in [0, 0.05) is 10.6 Å². The molecule has 3 aromatic rings. The van der Waals surface area contributed by atoms with Crippen LogP contribution >= 0.6 is 11.6 Å². The van der Waals surface area contributed by atoms with Crippen LogP contribution in [-0.4, -0.2) is 16.8 Å². The van der Waals surface area contributed by atoms with Crippen LogP contribution in [0, 0.1) is 6.92 Å². The normalized spacial score (nSPS) is 15.1. The molecule has 0 spiro atoms. The number of carbonyl (C=O) groups excluding carboxylic acids is 1. The maximum absolute atomic E-state index is 13.1. The minimum atomic E-state index is -0.336. The number of carbonyl (C=O) groups is 1. The highest BCUT2D eigenvalue weighted by Crippen LogP contribution is 2.38. The van der Waals surface area contributed by atoms with E-state index in [0.29, 0.717) is 16.6 Å². The van der Waals surface area contributed by atoms with Gasteiger partial charge in [0.25, 0.3) is 5.91 Å². The van der Waals surface area contributed by atoms with Gasteiger partial charge in [-0.05, 0) is 53.8 Å². The van der Waals surface area contributed by atoms with Crippen LogP contribution in [0.4, 0.5) is 5.69 Å². The van der Waals surface area contributed by atoms with Gasteiger partial charge >= 0.3 is 0 Å². The van der Waals surface area contributed by atoms with Gasteiger partial charge in [0.1, 0.15) is 17.3 Å². The zero-order valence-electron chi connectivity index (χ0n) is 17.6. The van der Waals surface area contributed by atoms with Gasteiger partial charge < -0.3 is 5.11 Å². The van der Waals surface area contributed by atoms with Crippen molar-refractivity contribution < 1.29 is 9.90 Å². The molecule has 31 heavy (non-hydrogen) atoms. The monoisotopic (exact) mass is 430 g/mol. The summed E-state index contributed by atoms with van der Waals surface area (Å²) in [5.41, 5.74) is 4.43. The first kappa shape index (κ1) is 20.9. The second-order valence-electron chi connectivity index (χ2n) is 7.85. The number of anilines is 1. The molecule has 0 atom stereocenters. The predicted octanol–water partition coefficient (Wildman–Crippen LogP) is 6.31. The van der Waals surface area contributed by atoms with Gasteiger partial charge in [0.2, 0.25) is 0 Å². The van der Waals surface area contributed by atoms with Crippen molar-refractivity contribution in [2.24, 2.45) is 4.99 Å². The third-order valence-electron chi connectivity index (χ3n) is 5.32. The van der Waals surface area contributed by atoms with Crippen molar-refractivity contribution in [3.8, 4) is 5.75 Å². The van der Waals surface area contributed by atoms with Crippen LogP contribution in [0.2, 0.25) is 5.02 Å². The van der Waals surface area contributed by atoms with E-state index >= 15 is 0 Å². The van der Waals surface area contributed by atoms with Crippen LogP contribution in [-0.2, 0) is 4.79 Å². The number of nitrogens with zero attached hydrogens (tertiary/aromatic N) is 2. The SMILES string of the molecule is Cc1cc(O)c(C(C)C)cc1N1C(=Cc2ccccc2Cl)C(=O)N=C1c1ccccc1. The number of benzene rings is 3. The van der Waals surface area contributed by atoms with E-state index in [1.54, 1.807) is 18.2 Å². The number of rotatable bonds is 4. The van der Waals surface area contributed by atoms with Crippen molar-refractivity contribution in [1.82, 2.24) is 0 Å². The summed E-state index contributed by atoms with van der Waals surface area (Å²) in [5, 5.41) is 11.0. The van der Waals surface area contributed by atoms with Crippen LogP contribution in [0.5, 0.6) is 5.75 Å². The molecule has 4 nitrogen and oxygen atoms in total. The van der Waals surface area contributed by atoms with Crippen molar-refractivity contribution in [2.75, 3.05) is 4.90 Å². The van der Waals surface area contributed by atoms with E-state index in [4.69, 9.17) is 11.6 Å². The molecule has 1 N–H and O–H groups in total. The molecule has 1 heterocycles. The van der Waals surface area contributed by atoms with Crippen molar-refractivity contribution >= 4 is 35.1 Å². The number of hydrogen-bond donors (Lipinski definition) is 1. The summed E-state index contributed by atoms with van der Waals surface area (Å²) >= 11 is 6.37. The van der Waals surface area contributed by atoms with Gasteiger partial charge in [-0.2, -0.15) is 4.99 Å². The number of aromatic hydroxyl groups is 1. The molecule has 1 aliphatic heterocycles. The summed E-state index contributed by atoms with van der Waals surface area (Å²) < 4.78 is 0. The fraction of sp³-hybridized carbons (Fsp3) is 0.154. The van der Waals surface area contributed by atoms with Gasteiger partial charge in [-0.3, -0.25) is 9.69 Å². The van der Waals surface area contributed by atoms with E-state index < -0.39 is 0 Å². The van der Waals surface area contributed by atoms with E-state index in [-0.39, 0.29) is 17.6 Å². The van der Waals surface area contributed by atoms with E-state index in [1.165, 1.54) is 0 Å². The van der Waals surface area contributed by atoms with Crippen molar-refractivity contribution in [1.29, 1.82) is 0 Å². The Bertz CT molecular complexity index is 1210. The largest absolute Gasteiger partial charge is 0.508 e. The second kappa shape index (κ2) is 8.40. The molecule has 1 aliphatic rings. The topological polar surface area (TPSA) is 52.9 Å². The molecule has 0 aromatic heterocycles. The van der Waals surface area contributed by atoms with Gasteiger partial charge in [0.05, 0.1) is 5.69 Å². The summed E-state index contributed by atoms with van der Waals surface area (Å²) in [6.07, 6.45) is 1.77. The van der Waals surface area contributed by atoms with Crippen molar-refractivity contribution in [2.45, 2.75) is 26.7 Å². The average Bonchev–Trinajstić information content (AvgIpc) is 3.06. The lowest BCUT2D eigenvalue weighted by atomic mass is 9.98. The molecule has 0 aliphatic carbocycles. The van der Waals surface area contributed by atoms with Crippen LogP contribution < -0.4 is 4.90 Å². The molecule has 0 bridgehead atoms. The second-order valence-corrected chi connectivity index (χ2v) is 8.25. The van der Waals surface area contributed by atoms with Crippen molar-refractivity contribution in [3.63, 3.8) is 0 Å². The minimum Gasteiger partial charge on any atom is -0.508 e. The molecule has 0 fully saturated rings. The van der Waals surface area contributed by atoms with Crippen molar-refractivity contribution in [3.05, 3.63) is 99.7 Å². The highest BCUT2D eigenvalue weighted by Gasteiger charge is 2.33. The summed E-state index contributed by atoms with van der Waals surface area (Å²) in [4.78, 5) is 19.3. The number of aliphatic imine (C=N–C) groups is 1. The average molecular weight is 431 g/mol. The van der Waals surface area contributed by atoms with E-state index in [1.807, 2.05) is 80.3 Å². The fourth-order valence-corrected chi connectivity index (χ4v) is 3.89. The number of amidine groups is 1. The molecule has 1 amide bonds. The number of amides is 1. The summed E-state index contributed by atoms with van der Waals surface area (Å²) in [7, 11) is 0. The van der Waals surface area contributed by atoms with Gasteiger partial charge in [-0.25, -0.2) is 0 Å². The summed E-state index contributed by atoms with van der Waals surface area (Å²) in [6.45, 7) is 5.96. The first-order valence-electron chi connectivity index (χ1n) is 10.1. The fourth-order valence-electron chi connectivity index (χ4n) is 3.70. The molecule has 0 saturated heterocycles. The maximum atomic E-state index is 13.1. The molecule has 156 valence electrons. The van der Waals surface area contributed by atoms with Gasteiger partial charge in [-0.15, -0.1) is 0 Å². The lowest BCUT2D eigenvalue weighted by Gasteiger charge is -2.25. The van der Waals surface area contributed by atoms with Gasteiger partial charge in [0.15, 0.2) is 0 Å². The Morgan fingerprint density at radius 1 is 1.03 bits per heavy atom. The molecule has 5 heteroatoms. The Morgan fingerprint density at radius 3 is 2.39 bits per heavy atom. The maximum Gasteiger partial charge on any atom is 0.296 e. The molecule has 3 aromatic carbocycles. The standard InChI is InChI=1S/C26H23ClN2O2/c1-16(2)20-15-22(17(3)13-24(20)30)29-23(14-19-11-7-8-12-21(19)27)26(31)28-25(29)18-9-5-4-6-10-18/h4-16,30H,1-3H3. The zero-order chi connectivity index (χ0) is 22.1. The zero-order valence-corrected chi connectivity index (χ0v) is 18.4. The Hall–Kier alpha value is -3.37. The van der Waals surface area contributed by atoms with E-state index in [9.17, 15) is 9.90 Å². The van der Waals surface area contributed by atoms with E-state index in [2.05, 4.69) is 4.99 Å². The number of halogens is 1. The minimum absolute atomic E-state index is 0.116. The highest BCUT2D eigenvalue weighted by molar-refractivity contribution is 6.33. The van der Waals surface area contributed by atoms with Gasteiger partial charge in [-0.1, -0.05) is 74.0 Å². The molecular formula is C26H23ClN2O2. The Kier molecular flexibility index (Phi) is 5.66. The molecule has 0 saturated carbocycles. The summed E-state index contributed by atoms with van der Waals surface area (Å²) in [6, 6.07) is 20.7. The Balaban J connectivity index is 1.95. The molecule has 4 rings (SSSR count). The molecule has 0 radical (unpaired) electrons. The predicted molar refractivity (Wildman–Crippen MR) is 127 cm³/mol. The molecule has 0 unspecified atom stereocenters.